The molecule has 0 bridgehead atoms. The number of hydroxylamine groups is 1. The summed E-state index contributed by atoms with van der Waals surface area (Å²) in [5.74, 6) is -3.25. The first kappa shape index (κ1) is 31.8. The molecule has 1 saturated heterocycles. The van der Waals surface area contributed by atoms with E-state index >= 15 is 0 Å². The van der Waals surface area contributed by atoms with Gasteiger partial charge in [0.2, 0.25) is 5.91 Å². The number of urea groups is 1. The van der Waals surface area contributed by atoms with Gasteiger partial charge < -0.3 is 25.8 Å². The molecule has 5 N–H and O–H groups in total. The zero-order valence-electron chi connectivity index (χ0n) is 23.9. The van der Waals surface area contributed by atoms with Crippen molar-refractivity contribution in [1.29, 1.82) is 0 Å². The van der Waals surface area contributed by atoms with Crippen molar-refractivity contribution in [2.75, 3.05) is 37.8 Å². The Balaban J connectivity index is 1.34. The molecule has 1 aliphatic rings. The average Bonchev–Trinajstić information content (AvgIpc) is 3.55. The Morgan fingerprint density at radius 1 is 1.02 bits per heavy atom. The van der Waals surface area contributed by atoms with Crippen LogP contribution in [-0.4, -0.2) is 98.1 Å². The fourth-order valence-corrected chi connectivity index (χ4v) is 4.80. The van der Waals surface area contributed by atoms with Gasteiger partial charge in [0.25, 0.3) is 5.91 Å². The normalized spacial score (nSPS) is 13.9. The molecule has 0 saturated carbocycles. The van der Waals surface area contributed by atoms with E-state index in [1.165, 1.54) is 28.6 Å². The van der Waals surface area contributed by atoms with Crippen LogP contribution in [-0.2, 0) is 25.6 Å². The van der Waals surface area contributed by atoms with Gasteiger partial charge in [0.05, 0.1) is 11.4 Å². The van der Waals surface area contributed by atoms with Crippen molar-refractivity contribution in [3.8, 4) is 5.69 Å². The fourth-order valence-electron chi connectivity index (χ4n) is 4.63. The van der Waals surface area contributed by atoms with Gasteiger partial charge in [-0.1, -0.05) is 23.7 Å². The zero-order chi connectivity index (χ0) is 31.8. The lowest BCUT2D eigenvalue weighted by Gasteiger charge is -2.32. The molecule has 4 rings (SSSR count). The van der Waals surface area contributed by atoms with E-state index in [0.717, 1.165) is 0 Å². The van der Waals surface area contributed by atoms with Crippen LogP contribution in [0.4, 0.5) is 16.2 Å². The molecule has 0 radical (unpaired) electrons. The second-order valence-electron chi connectivity index (χ2n) is 10.2. The first-order valence-electron chi connectivity index (χ1n) is 13.5. The van der Waals surface area contributed by atoms with Gasteiger partial charge in [-0.3, -0.25) is 24.4 Å². The van der Waals surface area contributed by atoms with Gasteiger partial charge in [-0.2, -0.15) is 4.68 Å². The molecule has 232 valence electrons. The summed E-state index contributed by atoms with van der Waals surface area (Å²) < 4.78 is 1.26. The van der Waals surface area contributed by atoms with Crippen molar-refractivity contribution in [2.24, 2.45) is 5.92 Å². The molecule has 1 aliphatic heterocycles. The lowest BCUT2D eigenvalue weighted by Crippen LogP contribution is -2.50. The lowest BCUT2D eigenvalue weighted by molar-refractivity contribution is -0.139. The summed E-state index contributed by atoms with van der Waals surface area (Å²) in [7, 11) is 3.43. The molecule has 44 heavy (non-hydrogen) atoms. The number of carbonyl (C=O) groups excluding carboxylic acids is 5. The van der Waals surface area contributed by atoms with Crippen molar-refractivity contribution < 1.29 is 29.2 Å². The summed E-state index contributed by atoms with van der Waals surface area (Å²) in [4.78, 5) is 65.9. The van der Waals surface area contributed by atoms with Crippen LogP contribution in [0.15, 0.2) is 48.8 Å². The Labute approximate surface area is 256 Å². The van der Waals surface area contributed by atoms with Crippen LogP contribution in [0.5, 0.6) is 0 Å². The molecule has 0 spiro atoms. The van der Waals surface area contributed by atoms with Crippen molar-refractivity contribution in [2.45, 2.75) is 25.3 Å². The Hall–Kier alpha value is -5.09. The molecule has 0 unspecified atom stereocenters. The first-order chi connectivity index (χ1) is 21.0. The van der Waals surface area contributed by atoms with Crippen molar-refractivity contribution in [3.63, 3.8) is 0 Å². The summed E-state index contributed by atoms with van der Waals surface area (Å²) >= 11 is 6.05. The lowest BCUT2D eigenvalue weighted by atomic mass is 9.96. The van der Waals surface area contributed by atoms with Crippen LogP contribution in [0.1, 0.15) is 18.4 Å². The number of carbonyl (C=O) groups is 5. The monoisotopic (exact) mass is 626 g/mol. The molecule has 3 aromatic rings. The highest BCUT2D eigenvalue weighted by molar-refractivity contribution is 6.40. The number of aromatic nitrogens is 4. The molecule has 17 heteroatoms. The largest absolute Gasteiger partial charge is 0.349 e. The zero-order valence-corrected chi connectivity index (χ0v) is 24.6. The van der Waals surface area contributed by atoms with E-state index in [-0.39, 0.29) is 35.0 Å². The number of piperidine rings is 1. The van der Waals surface area contributed by atoms with E-state index in [0.29, 0.717) is 42.9 Å². The van der Waals surface area contributed by atoms with Crippen molar-refractivity contribution in [1.82, 2.24) is 40.8 Å². The van der Waals surface area contributed by atoms with E-state index in [1.807, 2.05) is 0 Å². The Kier molecular flexibility index (Phi) is 10.4. The number of amides is 6. The molecule has 2 heterocycles. The number of benzene rings is 2. The van der Waals surface area contributed by atoms with Crippen LogP contribution in [0.3, 0.4) is 0 Å². The Morgan fingerprint density at radius 3 is 2.34 bits per heavy atom. The van der Waals surface area contributed by atoms with Crippen LogP contribution < -0.4 is 21.4 Å². The molecule has 1 atom stereocenters. The number of nitrogens with zero attached hydrogens (tertiary/aromatic N) is 6. The average molecular weight is 627 g/mol. The second kappa shape index (κ2) is 14.4. The standard InChI is InChI=1S/C27H31ClN10O6/c1-36(2)26(42)17-9-11-37(12-10-17)27(43)30-19-6-3-16(4-7-19)13-21(23(39)33-44)32-25(41)24(40)31-20-14-18(28)5-8-22(20)38-15-29-34-35-38/h3-8,14-15,17,21,44H,9-13H2,1-2H3,(H,30,43)(H,31,40)(H,32,41)(H,33,39)/t21-/m0/s1. The smallest absolute Gasteiger partial charge is 0.321 e. The first-order valence-corrected chi connectivity index (χ1v) is 13.9. The maximum absolute atomic E-state index is 12.7. The molecule has 2 aromatic carbocycles. The van der Waals surface area contributed by atoms with Crippen LogP contribution >= 0.6 is 11.6 Å². The molecular formula is C27H31ClN10O6. The van der Waals surface area contributed by atoms with Gasteiger partial charge in [-0.05, 0) is 59.2 Å². The maximum atomic E-state index is 12.7. The number of likely N-dealkylation sites (tertiary alicyclic amines) is 1. The molecular weight excluding hydrogens is 596 g/mol. The predicted octanol–water partition coefficient (Wildman–Crippen LogP) is 0.819. The topological polar surface area (TPSA) is 204 Å². The fraction of sp³-hybridized carbons (Fsp3) is 0.333. The highest BCUT2D eigenvalue weighted by Gasteiger charge is 2.29. The van der Waals surface area contributed by atoms with Crippen molar-refractivity contribution in [3.05, 3.63) is 59.4 Å². The summed E-state index contributed by atoms with van der Waals surface area (Å²) in [5.41, 5.74) is 3.02. The molecule has 6 amide bonds. The van der Waals surface area contributed by atoms with Crippen molar-refractivity contribution >= 4 is 52.6 Å². The molecule has 1 aromatic heterocycles. The van der Waals surface area contributed by atoms with E-state index in [4.69, 9.17) is 11.6 Å². The number of hydrogen-bond donors (Lipinski definition) is 5. The third kappa shape index (κ3) is 8.05. The van der Waals surface area contributed by atoms with E-state index in [2.05, 4.69) is 31.5 Å². The van der Waals surface area contributed by atoms with Gasteiger partial charge >= 0.3 is 17.8 Å². The number of hydrogen-bond acceptors (Lipinski definition) is 9. The quantitative estimate of drug-likeness (QED) is 0.136. The summed E-state index contributed by atoms with van der Waals surface area (Å²) in [6.07, 6.45) is 2.37. The molecule has 1 fully saturated rings. The summed E-state index contributed by atoms with van der Waals surface area (Å²) in [6.45, 7) is 0.908. The summed E-state index contributed by atoms with van der Waals surface area (Å²) in [5, 5.41) is 27.9. The minimum Gasteiger partial charge on any atom is -0.349 e. The number of tetrazole rings is 1. The number of nitrogens with one attached hydrogen (secondary N) is 4. The van der Waals surface area contributed by atoms with E-state index in [1.54, 1.807) is 54.2 Å². The highest BCUT2D eigenvalue weighted by Crippen LogP contribution is 2.24. The predicted molar refractivity (Wildman–Crippen MR) is 157 cm³/mol. The third-order valence-electron chi connectivity index (χ3n) is 6.96. The maximum Gasteiger partial charge on any atom is 0.321 e. The highest BCUT2D eigenvalue weighted by atomic mass is 35.5. The minimum atomic E-state index is -1.32. The van der Waals surface area contributed by atoms with E-state index in [9.17, 15) is 29.2 Å². The van der Waals surface area contributed by atoms with Crippen LogP contribution in [0.2, 0.25) is 5.02 Å². The van der Waals surface area contributed by atoms with Crippen LogP contribution in [0, 0.1) is 5.92 Å². The SMILES string of the molecule is CN(C)C(=O)C1CCN(C(=O)Nc2ccc(C[C@H](NC(=O)C(=O)Nc3cc(Cl)ccc3-n3cnnn3)C(=O)NO)cc2)CC1. The van der Waals surface area contributed by atoms with Gasteiger partial charge in [-0.15, -0.1) is 5.10 Å². The van der Waals surface area contributed by atoms with Gasteiger partial charge in [0, 0.05) is 50.2 Å². The van der Waals surface area contributed by atoms with Gasteiger partial charge in [-0.25, -0.2) is 10.3 Å². The van der Waals surface area contributed by atoms with Crippen LogP contribution in [0.25, 0.3) is 5.69 Å². The molecule has 16 nitrogen and oxygen atoms in total. The number of rotatable bonds is 8. The Morgan fingerprint density at radius 2 is 1.73 bits per heavy atom. The third-order valence-corrected chi connectivity index (χ3v) is 7.19. The van der Waals surface area contributed by atoms with Gasteiger partial charge in [0.1, 0.15) is 12.4 Å². The minimum absolute atomic E-state index is 0.0572. The molecule has 0 aliphatic carbocycles. The van der Waals surface area contributed by atoms with E-state index < -0.39 is 23.8 Å². The number of anilines is 2. The summed E-state index contributed by atoms with van der Waals surface area (Å²) in [6, 6.07) is 9.38. The Bertz CT molecular complexity index is 1510. The number of halogens is 1. The second-order valence-corrected chi connectivity index (χ2v) is 10.6. The van der Waals surface area contributed by atoms with Gasteiger partial charge in [0.15, 0.2) is 0 Å².